The number of likely N-dealkylation sites (tertiary alicyclic amines) is 1. The molecule has 1 amide bonds. The fraction of sp³-hybridized carbons (Fsp3) is 0.556. The molecule has 0 spiro atoms. The molecular weight excluding hydrogens is 309 g/mol. The summed E-state index contributed by atoms with van der Waals surface area (Å²) in [4.78, 5) is 13.9. The van der Waals surface area contributed by atoms with Crippen molar-refractivity contribution in [1.82, 2.24) is 14.7 Å². The van der Waals surface area contributed by atoms with Crippen molar-refractivity contribution in [2.24, 2.45) is 7.05 Å². The molecule has 1 saturated heterocycles. The molecule has 0 atom stereocenters. The summed E-state index contributed by atoms with van der Waals surface area (Å²) in [7, 11) is 1.90. The summed E-state index contributed by atoms with van der Waals surface area (Å²) >= 11 is 0. The monoisotopic (exact) mass is 333 g/mol. The van der Waals surface area contributed by atoms with Crippen LogP contribution in [0.1, 0.15) is 45.2 Å². The second kappa shape index (κ2) is 6.07. The lowest BCUT2D eigenvalue weighted by Gasteiger charge is -2.33. The van der Waals surface area contributed by atoms with Gasteiger partial charge >= 0.3 is 6.09 Å². The SMILES string of the molecule is Cn1nc2ccc(F)cc2c1C1CCN(C(=O)OC(C)(C)C)CC1. The van der Waals surface area contributed by atoms with Gasteiger partial charge in [-0.05, 0) is 51.8 Å². The van der Waals surface area contributed by atoms with E-state index in [0.717, 1.165) is 29.4 Å². The molecule has 0 unspecified atom stereocenters. The predicted octanol–water partition coefficient (Wildman–Crippen LogP) is 3.83. The van der Waals surface area contributed by atoms with Crippen LogP contribution in [0.2, 0.25) is 0 Å². The number of hydrogen-bond donors (Lipinski definition) is 0. The Hall–Kier alpha value is -2.11. The largest absolute Gasteiger partial charge is 0.444 e. The number of ether oxygens (including phenoxy) is 1. The van der Waals surface area contributed by atoms with Gasteiger partial charge < -0.3 is 9.64 Å². The molecular formula is C18H24FN3O2. The lowest BCUT2D eigenvalue weighted by atomic mass is 9.91. The number of aryl methyl sites for hydroxylation is 1. The number of amides is 1. The van der Waals surface area contributed by atoms with Crippen LogP contribution < -0.4 is 0 Å². The number of piperidine rings is 1. The van der Waals surface area contributed by atoms with Crippen LogP contribution in [0.25, 0.3) is 10.9 Å². The van der Waals surface area contributed by atoms with Crippen LogP contribution in [0.15, 0.2) is 18.2 Å². The van der Waals surface area contributed by atoms with Gasteiger partial charge in [-0.2, -0.15) is 5.10 Å². The van der Waals surface area contributed by atoms with Gasteiger partial charge in [-0.1, -0.05) is 0 Å². The van der Waals surface area contributed by atoms with Gasteiger partial charge in [-0.25, -0.2) is 9.18 Å². The molecule has 24 heavy (non-hydrogen) atoms. The normalized spacial score (nSPS) is 16.6. The van der Waals surface area contributed by atoms with Crippen LogP contribution >= 0.6 is 0 Å². The molecule has 0 N–H and O–H groups in total. The van der Waals surface area contributed by atoms with Crippen molar-refractivity contribution in [2.75, 3.05) is 13.1 Å². The fourth-order valence-corrected chi connectivity index (χ4v) is 3.34. The third-order valence-corrected chi connectivity index (χ3v) is 4.37. The summed E-state index contributed by atoms with van der Waals surface area (Å²) in [6, 6.07) is 4.70. The second-order valence-electron chi connectivity index (χ2n) is 7.41. The summed E-state index contributed by atoms with van der Waals surface area (Å²) in [6.07, 6.45) is 1.39. The average Bonchev–Trinajstić information content (AvgIpc) is 2.81. The average molecular weight is 333 g/mol. The highest BCUT2D eigenvalue weighted by molar-refractivity contribution is 5.82. The molecule has 6 heteroatoms. The van der Waals surface area contributed by atoms with Gasteiger partial charge in [0.05, 0.1) is 5.52 Å². The van der Waals surface area contributed by atoms with Gasteiger partial charge in [0, 0.05) is 37.1 Å². The van der Waals surface area contributed by atoms with Gasteiger partial charge in [0.25, 0.3) is 0 Å². The molecule has 0 radical (unpaired) electrons. The quantitative estimate of drug-likeness (QED) is 0.797. The number of nitrogens with zero attached hydrogens (tertiary/aromatic N) is 3. The molecule has 1 fully saturated rings. The molecule has 1 aliphatic rings. The predicted molar refractivity (Wildman–Crippen MR) is 90.5 cm³/mol. The summed E-state index contributed by atoms with van der Waals surface area (Å²) in [5.74, 6) is 0.0171. The van der Waals surface area contributed by atoms with Gasteiger partial charge in [0.2, 0.25) is 0 Å². The number of halogens is 1. The number of aromatic nitrogens is 2. The van der Waals surface area contributed by atoms with E-state index in [1.54, 1.807) is 17.0 Å². The summed E-state index contributed by atoms with van der Waals surface area (Å²) in [5.41, 5.74) is 1.38. The zero-order valence-corrected chi connectivity index (χ0v) is 14.7. The molecule has 0 saturated carbocycles. The van der Waals surface area contributed by atoms with Crippen molar-refractivity contribution in [3.05, 3.63) is 29.7 Å². The van der Waals surface area contributed by atoms with Gasteiger partial charge in [-0.3, -0.25) is 4.68 Å². The molecule has 0 aliphatic carbocycles. The van der Waals surface area contributed by atoms with Crippen LogP contribution in [0.4, 0.5) is 9.18 Å². The molecule has 1 aromatic carbocycles. The second-order valence-corrected chi connectivity index (χ2v) is 7.41. The number of carbonyl (C=O) groups is 1. The van der Waals surface area contributed by atoms with Crippen molar-refractivity contribution in [2.45, 2.75) is 45.1 Å². The van der Waals surface area contributed by atoms with Gasteiger partial charge in [0.1, 0.15) is 11.4 Å². The maximum atomic E-state index is 13.6. The first-order chi connectivity index (χ1) is 11.2. The van der Waals surface area contributed by atoms with Crippen molar-refractivity contribution >= 4 is 17.0 Å². The third-order valence-electron chi connectivity index (χ3n) is 4.37. The van der Waals surface area contributed by atoms with E-state index in [-0.39, 0.29) is 17.8 Å². The molecule has 1 aromatic heterocycles. The maximum absolute atomic E-state index is 13.6. The van der Waals surface area contributed by atoms with E-state index < -0.39 is 5.60 Å². The summed E-state index contributed by atoms with van der Waals surface area (Å²) in [5, 5.41) is 5.35. The first-order valence-corrected chi connectivity index (χ1v) is 8.35. The maximum Gasteiger partial charge on any atom is 0.410 e. The Kier molecular flexibility index (Phi) is 4.24. The minimum absolute atomic E-state index is 0.247. The Labute approximate surface area is 141 Å². The molecule has 3 rings (SSSR count). The van der Waals surface area contributed by atoms with E-state index in [9.17, 15) is 9.18 Å². The molecule has 2 heterocycles. The van der Waals surface area contributed by atoms with Crippen LogP contribution in [0.5, 0.6) is 0 Å². The van der Waals surface area contributed by atoms with Crippen LogP contribution in [0, 0.1) is 5.82 Å². The Bertz CT molecular complexity index is 755. The molecule has 1 aliphatic heterocycles. The van der Waals surface area contributed by atoms with E-state index in [2.05, 4.69) is 5.10 Å². The van der Waals surface area contributed by atoms with Gasteiger partial charge in [-0.15, -0.1) is 0 Å². The van der Waals surface area contributed by atoms with E-state index in [1.165, 1.54) is 6.07 Å². The zero-order chi connectivity index (χ0) is 17.5. The minimum Gasteiger partial charge on any atom is -0.444 e. The van der Waals surface area contributed by atoms with E-state index >= 15 is 0 Å². The zero-order valence-electron chi connectivity index (χ0n) is 14.7. The number of carbonyl (C=O) groups excluding carboxylic acids is 1. The standard InChI is InChI=1S/C18H24FN3O2/c1-18(2,3)24-17(23)22-9-7-12(8-10-22)16-14-11-13(19)5-6-15(14)20-21(16)4/h5-6,11-12H,7-10H2,1-4H3. The van der Waals surface area contributed by atoms with Crippen molar-refractivity contribution in [3.63, 3.8) is 0 Å². The Morgan fingerprint density at radius 1 is 1.29 bits per heavy atom. The van der Waals surface area contributed by atoms with Crippen LogP contribution in [0.3, 0.4) is 0 Å². The number of rotatable bonds is 1. The Morgan fingerprint density at radius 2 is 1.96 bits per heavy atom. The number of hydrogen-bond acceptors (Lipinski definition) is 3. The van der Waals surface area contributed by atoms with Crippen molar-refractivity contribution in [3.8, 4) is 0 Å². The minimum atomic E-state index is -0.482. The van der Waals surface area contributed by atoms with Crippen LogP contribution in [-0.4, -0.2) is 39.5 Å². The van der Waals surface area contributed by atoms with E-state index in [4.69, 9.17) is 4.74 Å². The van der Waals surface area contributed by atoms with Crippen LogP contribution in [-0.2, 0) is 11.8 Å². The first kappa shape index (κ1) is 16.7. The molecule has 0 bridgehead atoms. The topological polar surface area (TPSA) is 47.4 Å². The van der Waals surface area contributed by atoms with E-state index in [0.29, 0.717) is 13.1 Å². The summed E-state index contributed by atoms with van der Waals surface area (Å²) < 4.78 is 20.9. The molecule has 2 aromatic rings. The fourth-order valence-electron chi connectivity index (χ4n) is 3.34. The van der Waals surface area contributed by atoms with E-state index in [1.807, 2.05) is 32.5 Å². The van der Waals surface area contributed by atoms with Gasteiger partial charge in [0.15, 0.2) is 0 Å². The first-order valence-electron chi connectivity index (χ1n) is 8.35. The lowest BCUT2D eigenvalue weighted by Crippen LogP contribution is -2.41. The highest BCUT2D eigenvalue weighted by Crippen LogP contribution is 2.33. The molecule has 5 nitrogen and oxygen atoms in total. The third kappa shape index (κ3) is 3.37. The van der Waals surface area contributed by atoms with Crippen molar-refractivity contribution < 1.29 is 13.9 Å². The van der Waals surface area contributed by atoms with Crippen molar-refractivity contribution in [1.29, 1.82) is 0 Å². The smallest absolute Gasteiger partial charge is 0.410 e. The Balaban J connectivity index is 1.75. The highest BCUT2D eigenvalue weighted by atomic mass is 19.1. The number of benzene rings is 1. The lowest BCUT2D eigenvalue weighted by molar-refractivity contribution is 0.0203. The number of fused-ring (bicyclic) bond motifs is 1. The Morgan fingerprint density at radius 3 is 2.58 bits per heavy atom. The molecule has 130 valence electrons. The highest BCUT2D eigenvalue weighted by Gasteiger charge is 2.29. The summed E-state index contributed by atoms with van der Waals surface area (Å²) in [6.45, 7) is 6.89.